The smallest absolute Gasteiger partial charge is 0.246 e. The Kier molecular flexibility index (Phi) is 9.99. The largest absolute Gasteiger partial charge is 0.357 e. The van der Waals surface area contributed by atoms with Gasteiger partial charge in [0.2, 0.25) is 17.7 Å². The number of likely N-dealkylation sites (N-methyl/N-ethyl adjacent to an activating group) is 3. The number of nitrogens with zero attached hydrogens (tertiary/aromatic N) is 2. The summed E-state index contributed by atoms with van der Waals surface area (Å²) in [7, 11) is 4.85. The van der Waals surface area contributed by atoms with Gasteiger partial charge in [0.1, 0.15) is 12.1 Å². The quantitative estimate of drug-likeness (QED) is 0.249. The first kappa shape index (κ1) is 31.4. The molecule has 4 rings (SSSR count). The minimum Gasteiger partial charge on any atom is -0.357 e. The molecule has 3 N–H and O–H groups in total. The van der Waals surface area contributed by atoms with Crippen molar-refractivity contribution >= 4 is 39.3 Å². The molecule has 1 unspecified atom stereocenters. The van der Waals surface area contributed by atoms with Crippen molar-refractivity contribution in [2.45, 2.75) is 50.7 Å². The van der Waals surface area contributed by atoms with Gasteiger partial charge in [0.15, 0.2) is 0 Å². The zero-order valence-electron chi connectivity index (χ0n) is 25.7. The highest BCUT2D eigenvalue weighted by molar-refractivity contribution is 5.95. The number of carbonyl (C=O) groups is 3. The van der Waals surface area contributed by atoms with E-state index in [4.69, 9.17) is 5.73 Å². The molecule has 0 aliphatic rings. The van der Waals surface area contributed by atoms with Crippen LogP contribution in [0.5, 0.6) is 0 Å². The SMILES string of the molecule is CNC(=O)[C@@H](Cc1cccc2ccccc12)N(C)C(=O)C(Cc1ccc2ccccc2c1)N(C)C(=O)/C=C/CC(C)(C)N. The van der Waals surface area contributed by atoms with Crippen LogP contribution in [0.3, 0.4) is 0 Å². The van der Waals surface area contributed by atoms with Gasteiger partial charge in [-0.2, -0.15) is 0 Å². The van der Waals surface area contributed by atoms with Crippen LogP contribution in [0.15, 0.2) is 97.1 Å². The lowest BCUT2D eigenvalue weighted by Gasteiger charge is -2.34. The first-order chi connectivity index (χ1) is 20.5. The second-order valence-corrected chi connectivity index (χ2v) is 11.9. The molecule has 224 valence electrons. The Bertz CT molecular complexity index is 1630. The third-order valence-corrected chi connectivity index (χ3v) is 7.90. The van der Waals surface area contributed by atoms with E-state index in [1.54, 1.807) is 27.2 Å². The average molecular weight is 579 g/mol. The van der Waals surface area contributed by atoms with Crippen molar-refractivity contribution < 1.29 is 14.4 Å². The molecule has 0 bridgehead atoms. The van der Waals surface area contributed by atoms with Crippen LogP contribution in [0.4, 0.5) is 0 Å². The summed E-state index contributed by atoms with van der Waals surface area (Å²) in [5, 5.41) is 6.99. The van der Waals surface area contributed by atoms with Crippen molar-refractivity contribution in [2.24, 2.45) is 5.73 Å². The molecule has 4 aromatic rings. The van der Waals surface area contributed by atoms with E-state index in [1.165, 1.54) is 15.9 Å². The highest BCUT2D eigenvalue weighted by Gasteiger charge is 2.34. The van der Waals surface area contributed by atoms with Gasteiger partial charge in [-0.3, -0.25) is 14.4 Å². The molecule has 0 heterocycles. The van der Waals surface area contributed by atoms with E-state index in [1.807, 2.05) is 98.8 Å². The third kappa shape index (κ3) is 7.87. The maximum atomic E-state index is 14.3. The highest BCUT2D eigenvalue weighted by Crippen LogP contribution is 2.23. The first-order valence-corrected chi connectivity index (χ1v) is 14.6. The van der Waals surface area contributed by atoms with Crippen LogP contribution in [0.1, 0.15) is 31.4 Å². The maximum Gasteiger partial charge on any atom is 0.246 e. The second kappa shape index (κ2) is 13.7. The molecule has 7 nitrogen and oxygen atoms in total. The normalized spacial score (nSPS) is 13.2. The van der Waals surface area contributed by atoms with Gasteiger partial charge in [-0.25, -0.2) is 0 Å². The number of hydrogen-bond acceptors (Lipinski definition) is 4. The molecule has 7 heteroatoms. The van der Waals surface area contributed by atoms with Crippen LogP contribution in [-0.2, 0) is 27.2 Å². The summed E-state index contributed by atoms with van der Waals surface area (Å²) in [6.07, 6.45) is 4.35. The minimum absolute atomic E-state index is 0.271. The molecule has 0 aliphatic heterocycles. The Morgan fingerprint density at radius 1 is 0.814 bits per heavy atom. The summed E-state index contributed by atoms with van der Waals surface area (Å²) in [6.45, 7) is 3.78. The number of benzene rings is 4. The molecule has 2 atom stereocenters. The van der Waals surface area contributed by atoms with Crippen molar-refractivity contribution in [1.82, 2.24) is 15.1 Å². The molecule has 4 aromatic carbocycles. The topological polar surface area (TPSA) is 95.7 Å². The Labute approximate surface area is 254 Å². The minimum atomic E-state index is -0.839. The van der Waals surface area contributed by atoms with Crippen LogP contribution in [0, 0.1) is 0 Å². The van der Waals surface area contributed by atoms with Gasteiger partial charge in [0.25, 0.3) is 0 Å². The molecule has 0 fully saturated rings. The molecule has 43 heavy (non-hydrogen) atoms. The number of nitrogens with one attached hydrogen (secondary N) is 1. The van der Waals surface area contributed by atoms with E-state index in [0.29, 0.717) is 19.3 Å². The fourth-order valence-electron chi connectivity index (χ4n) is 5.35. The summed E-state index contributed by atoms with van der Waals surface area (Å²) in [4.78, 5) is 43.9. The standard InChI is InChI=1S/C36H42N4O3/c1-36(2,37)21-11-18-33(41)39(4)32(23-25-19-20-26-12-6-7-14-28(26)22-25)35(43)40(5)31(34(42)38-3)24-29-16-10-15-27-13-8-9-17-30(27)29/h6-20,22,31-32H,21,23-24,37H2,1-5H3,(H,38,42)/b18-11+/t31-,32?/m1/s1. The third-order valence-electron chi connectivity index (χ3n) is 7.90. The van der Waals surface area contributed by atoms with Crippen LogP contribution in [0.25, 0.3) is 21.5 Å². The summed E-state index contributed by atoms with van der Waals surface area (Å²) in [6, 6.07) is 26.4. The number of rotatable bonds is 11. The van der Waals surface area contributed by atoms with Gasteiger partial charge in [-0.1, -0.05) is 91.0 Å². The monoisotopic (exact) mass is 578 g/mol. The van der Waals surface area contributed by atoms with Gasteiger partial charge in [0.05, 0.1) is 0 Å². The number of hydrogen-bond donors (Lipinski definition) is 2. The Morgan fingerprint density at radius 3 is 2.16 bits per heavy atom. The van der Waals surface area contributed by atoms with Crippen molar-refractivity contribution in [3.8, 4) is 0 Å². The van der Waals surface area contributed by atoms with E-state index in [-0.39, 0.29) is 17.7 Å². The Hall–Kier alpha value is -4.49. The lowest BCUT2D eigenvalue weighted by atomic mass is 9.96. The summed E-state index contributed by atoms with van der Waals surface area (Å²) < 4.78 is 0. The summed E-state index contributed by atoms with van der Waals surface area (Å²) in [5.41, 5.74) is 7.52. The van der Waals surface area contributed by atoms with Crippen molar-refractivity contribution in [2.75, 3.05) is 21.1 Å². The number of fused-ring (bicyclic) bond motifs is 2. The van der Waals surface area contributed by atoms with E-state index >= 15 is 0 Å². The zero-order valence-corrected chi connectivity index (χ0v) is 25.7. The lowest BCUT2D eigenvalue weighted by Crippen LogP contribution is -2.55. The maximum absolute atomic E-state index is 14.3. The number of amides is 3. The predicted octanol–water partition coefficient (Wildman–Crippen LogP) is 4.86. The van der Waals surface area contributed by atoms with Crippen LogP contribution in [-0.4, -0.2) is 66.3 Å². The second-order valence-electron chi connectivity index (χ2n) is 11.9. The molecule has 0 spiro atoms. The van der Waals surface area contributed by atoms with Crippen LogP contribution < -0.4 is 11.1 Å². The summed E-state index contributed by atoms with van der Waals surface area (Å²) in [5.74, 6) is -0.889. The Balaban J connectivity index is 1.67. The Morgan fingerprint density at radius 2 is 1.47 bits per heavy atom. The van der Waals surface area contributed by atoms with Gasteiger partial charge in [-0.15, -0.1) is 0 Å². The number of carbonyl (C=O) groups excluding carboxylic acids is 3. The van der Waals surface area contributed by atoms with Gasteiger partial charge < -0.3 is 20.9 Å². The fourth-order valence-corrected chi connectivity index (χ4v) is 5.35. The molecular formula is C36H42N4O3. The molecule has 0 saturated carbocycles. The molecular weight excluding hydrogens is 536 g/mol. The summed E-state index contributed by atoms with van der Waals surface area (Å²) >= 11 is 0. The van der Waals surface area contributed by atoms with E-state index < -0.39 is 17.6 Å². The van der Waals surface area contributed by atoms with Crippen molar-refractivity contribution in [3.63, 3.8) is 0 Å². The van der Waals surface area contributed by atoms with Crippen LogP contribution >= 0.6 is 0 Å². The lowest BCUT2D eigenvalue weighted by molar-refractivity contribution is -0.146. The van der Waals surface area contributed by atoms with Crippen molar-refractivity contribution in [3.05, 3.63) is 108 Å². The van der Waals surface area contributed by atoms with Crippen LogP contribution in [0.2, 0.25) is 0 Å². The fraction of sp³-hybridized carbons (Fsp3) is 0.306. The predicted molar refractivity (Wildman–Crippen MR) is 175 cm³/mol. The van der Waals surface area contributed by atoms with Gasteiger partial charge >= 0.3 is 0 Å². The highest BCUT2D eigenvalue weighted by atomic mass is 16.2. The van der Waals surface area contributed by atoms with E-state index in [9.17, 15) is 14.4 Å². The average Bonchev–Trinajstić information content (AvgIpc) is 3.00. The van der Waals surface area contributed by atoms with E-state index in [2.05, 4.69) is 5.32 Å². The number of nitrogens with two attached hydrogens (primary N) is 1. The van der Waals surface area contributed by atoms with Crippen molar-refractivity contribution in [1.29, 1.82) is 0 Å². The van der Waals surface area contributed by atoms with E-state index in [0.717, 1.165) is 32.7 Å². The van der Waals surface area contributed by atoms with Gasteiger partial charge in [0, 0.05) is 39.5 Å². The molecule has 3 amide bonds. The molecule has 0 radical (unpaired) electrons. The molecule has 0 saturated heterocycles. The molecule has 0 aliphatic carbocycles. The first-order valence-electron chi connectivity index (χ1n) is 14.6. The molecule has 0 aromatic heterocycles. The zero-order chi connectivity index (χ0) is 31.1. The van der Waals surface area contributed by atoms with Gasteiger partial charge in [-0.05, 0) is 59.0 Å².